The van der Waals surface area contributed by atoms with E-state index in [0.29, 0.717) is 5.78 Å². The highest BCUT2D eigenvalue weighted by Gasteiger charge is 2.19. The second-order valence-corrected chi connectivity index (χ2v) is 5.72. The molecule has 0 radical (unpaired) electrons. The Hall–Kier alpha value is -1.83. The highest BCUT2D eigenvalue weighted by molar-refractivity contribution is 5.86. The van der Waals surface area contributed by atoms with Crippen LogP contribution in [0.4, 0.5) is 0 Å². The topological polar surface area (TPSA) is 22.0 Å². The van der Waals surface area contributed by atoms with Gasteiger partial charge in [0, 0.05) is 24.2 Å². The monoisotopic (exact) mass is 267 g/mol. The Morgan fingerprint density at radius 1 is 1.20 bits per heavy atom. The van der Waals surface area contributed by atoms with E-state index in [1.54, 1.807) is 0 Å². The number of hydrogen-bond donors (Lipinski definition) is 0. The van der Waals surface area contributed by atoms with Crippen LogP contribution in [0.25, 0.3) is 16.6 Å². The van der Waals surface area contributed by atoms with Crippen molar-refractivity contribution in [2.24, 2.45) is 5.92 Å². The van der Waals surface area contributed by atoms with Gasteiger partial charge in [-0.05, 0) is 37.3 Å². The maximum absolute atomic E-state index is 12.1. The molecule has 1 unspecified atom stereocenters. The molecule has 1 aliphatic rings. The van der Waals surface area contributed by atoms with Crippen LogP contribution < -0.4 is 0 Å². The van der Waals surface area contributed by atoms with E-state index in [1.165, 1.54) is 23.7 Å². The summed E-state index contributed by atoms with van der Waals surface area (Å²) >= 11 is 0. The number of fused-ring (bicyclic) bond motifs is 1. The number of para-hydroxylation sites is 1. The number of aromatic nitrogens is 1. The van der Waals surface area contributed by atoms with Crippen molar-refractivity contribution in [2.45, 2.75) is 39.0 Å². The Morgan fingerprint density at radius 2 is 2.05 bits per heavy atom. The first-order chi connectivity index (χ1) is 9.75. The lowest BCUT2D eigenvalue weighted by Crippen LogP contribution is -2.10. The maximum atomic E-state index is 12.1. The molecule has 0 amide bonds. The summed E-state index contributed by atoms with van der Waals surface area (Å²) in [5.41, 5.74) is 2.37. The summed E-state index contributed by atoms with van der Waals surface area (Å²) < 4.78 is 2.19. The highest BCUT2D eigenvalue weighted by Crippen LogP contribution is 2.25. The fourth-order valence-electron chi connectivity index (χ4n) is 3.12. The van der Waals surface area contributed by atoms with Gasteiger partial charge >= 0.3 is 0 Å². The van der Waals surface area contributed by atoms with Crippen LogP contribution in [0.3, 0.4) is 0 Å². The summed E-state index contributed by atoms with van der Waals surface area (Å²) in [5.74, 6) is 0.525. The largest absolute Gasteiger partial charge is 0.321 e. The average molecular weight is 267 g/mol. The third-order valence-electron chi connectivity index (χ3n) is 4.27. The number of allylic oxidation sites excluding steroid dienone is 2. The molecule has 3 rings (SSSR count). The van der Waals surface area contributed by atoms with Crippen LogP contribution in [0.5, 0.6) is 0 Å². The van der Waals surface area contributed by atoms with Gasteiger partial charge in [-0.2, -0.15) is 0 Å². The van der Waals surface area contributed by atoms with Crippen molar-refractivity contribution in [1.82, 2.24) is 4.57 Å². The lowest BCUT2D eigenvalue weighted by molar-refractivity contribution is -0.121. The Kier molecular flexibility index (Phi) is 3.72. The predicted octanol–water partition coefficient (Wildman–Crippen LogP) is 4.65. The molecule has 0 saturated heterocycles. The molecule has 1 fully saturated rings. The van der Waals surface area contributed by atoms with Crippen LogP contribution in [0.15, 0.2) is 42.6 Å². The smallest absolute Gasteiger partial charge is 0.139 e. The van der Waals surface area contributed by atoms with Crippen molar-refractivity contribution < 1.29 is 4.79 Å². The number of Topliss-reactive ketones (excluding diaryl/α,β-unsaturated/α-hetero) is 1. The molecule has 20 heavy (non-hydrogen) atoms. The van der Waals surface area contributed by atoms with Crippen molar-refractivity contribution in [1.29, 1.82) is 0 Å². The van der Waals surface area contributed by atoms with Crippen molar-refractivity contribution in [3.63, 3.8) is 0 Å². The first kappa shape index (κ1) is 13.2. The molecule has 1 atom stereocenters. The van der Waals surface area contributed by atoms with E-state index in [2.05, 4.69) is 54.1 Å². The number of hydrogen-bond acceptors (Lipinski definition) is 1. The summed E-state index contributed by atoms with van der Waals surface area (Å²) in [6, 6.07) is 10.5. The van der Waals surface area contributed by atoms with Gasteiger partial charge in [0.05, 0.1) is 5.52 Å². The minimum absolute atomic E-state index is 0.110. The standard InChI is InChI=1S/C18H21NO/c1-14(13-16-8-3-2-4-10-18(16)20)19-12-11-15-7-5-6-9-17(15)19/h5-7,9,11-13,16H,2-4,8,10H2,1H3/b14-13+. The Balaban J connectivity index is 1.92. The number of rotatable bonds is 2. The molecule has 2 aromatic rings. The lowest BCUT2D eigenvalue weighted by Gasteiger charge is -2.11. The Morgan fingerprint density at radius 3 is 2.95 bits per heavy atom. The summed E-state index contributed by atoms with van der Waals surface area (Å²) in [6.07, 6.45) is 9.46. The van der Waals surface area contributed by atoms with E-state index in [4.69, 9.17) is 0 Å². The molecule has 0 spiro atoms. The number of nitrogens with zero attached hydrogens (tertiary/aromatic N) is 1. The molecule has 1 aliphatic carbocycles. The molecule has 0 N–H and O–H groups in total. The fraction of sp³-hybridized carbons (Fsp3) is 0.389. The van der Waals surface area contributed by atoms with E-state index < -0.39 is 0 Å². The molecular formula is C18H21NO. The quantitative estimate of drug-likeness (QED) is 0.726. The average Bonchev–Trinajstić information content (AvgIpc) is 2.79. The van der Waals surface area contributed by atoms with Gasteiger partial charge in [-0.3, -0.25) is 4.79 Å². The Labute approximate surface area is 120 Å². The Bertz CT molecular complexity index is 650. The van der Waals surface area contributed by atoms with Gasteiger partial charge in [-0.25, -0.2) is 0 Å². The van der Waals surface area contributed by atoms with Crippen LogP contribution >= 0.6 is 0 Å². The third-order valence-corrected chi connectivity index (χ3v) is 4.27. The van der Waals surface area contributed by atoms with Crippen LogP contribution in [0.2, 0.25) is 0 Å². The zero-order valence-electron chi connectivity index (χ0n) is 12.0. The van der Waals surface area contributed by atoms with Gasteiger partial charge in [0.2, 0.25) is 0 Å². The molecule has 0 aliphatic heterocycles. The first-order valence-corrected chi connectivity index (χ1v) is 7.53. The highest BCUT2D eigenvalue weighted by atomic mass is 16.1. The van der Waals surface area contributed by atoms with Crippen molar-refractivity contribution in [3.8, 4) is 0 Å². The molecule has 1 aromatic heterocycles. The van der Waals surface area contributed by atoms with Crippen LogP contribution in [0, 0.1) is 5.92 Å². The van der Waals surface area contributed by atoms with Gasteiger partial charge in [0.25, 0.3) is 0 Å². The summed E-state index contributed by atoms with van der Waals surface area (Å²) in [4.78, 5) is 12.1. The van der Waals surface area contributed by atoms with Gasteiger partial charge < -0.3 is 4.57 Å². The minimum atomic E-state index is 0.110. The second-order valence-electron chi connectivity index (χ2n) is 5.72. The molecule has 0 bridgehead atoms. The first-order valence-electron chi connectivity index (χ1n) is 7.53. The van der Waals surface area contributed by atoms with Crippen LogP contribution in [0.1, 0.15) is 39.0 Å². The zero-order chi connectivity index (χ0) is 13.9. The molecule has 1 saturated carbocycles. The van der Waals surface area contributed by atoms with Crippen LogP contribution in [-0.4, -0.2) is 10.4 Å². The SMILES string of the molecule is C/C(=C\C1CCCCCC1=O)n1ccc2ccccc21. The van der Waals surface area contributed by atoms with Crippen LogP contribution in [-0.2, 0) is 4.79 Å². The number of benzene rings is 1. The summed E-state index contributed by atoms with van der Waals surface area (Å²) in [5, 5.41) is 1.24. The minimum Gasteiger partial charge on any atom is -0.321 e. The normalized spacial score (nSPS) is 21.1. The summed E-state index contributed by atoms with van der Waals surface area (Å²) in [7, 11) is 0. The molecular weight excluding hydrogens is 246 g/mol. The van der Waals surface area contributed by atoms with E-state index in [1.807, 2.05) is 0 Å². The zero-order valence-corrected chi connectivity index (χ0v) is 12.0. The molecule has 1 heterocycles. The van der Waals surface area contributed by atoms with Gasteiger partial charge in [0.15, 0.2) is 0 Å². The predicted molar refractivity (Wildman–Crippen MR) is 83.5 cm³/mol. The van der Waals surface area contributed by atoms with E-state index >= 15 is 0 Å². The number of carbonyl (C=O) groups is 1. The van der Waals surface area contributed by atoms with E-state index in [-0.39, 0.29) is 5.92 Å². The second kappa shape index (κ2) is 5.66. The van der Waals surface area contributed by atoms with Crippen molar-refractivity contribution in [2.75, 3.05) is 0 Å². The maximum Gasteiger partial charge on any atom is 0.139 e. The number of carbonyl (C=O) groups excluding carboxylic acids is 1. The van der Waals surface area contributed by atoms with Gasteiger partial charge in [-0.1, -0.05) is 37.1 Å². The lowest BCUT2D eigenvalue weighted by atomic mass is 9.98. The molecule has 1 aromatic carbocycles. The van der Waals surface area contributed by atoms with Gasteiger partial charge in [0.1, 0.15) is 5.78 Å². The molecule has 2 heteroatoms. The van der Waals surface area contributed by atoms with E-state index in [0.717, 1.165) is 25.0 Å². The fourth-order valence-corrected chi connectivity index (χ4v) is 3.12. The van der Waals surface area contributed by atoms with Gasteiger partial charge in [-0.15, -0.1) is 0 Å². The van der Waals surface area contributed by atoms with Crippen molar-refractivity contribution >= 4 is 22.4 Å². The number of ketones is 1. The molecule has 2 nitrogen and oxygen atoms in total. The summed E-state index contributed by atoms with van der Waals surface area (Å²) in [6.45, 7) is 2.10. The molecule has 104 valence electrons. The van der Waals surface area contributed by atoms with Crippen molar-refractivity contribution in [3.05, 3.63) is 42.6 Å². The third kappa shape index (κ3) is 2.55. The van der Waals surface area contributed by atoms with E-state index in [9.17, 15) is 4.79 Å².